The number of aliphatic carboxylic acids is 1. The van der Waals surface area contributed by atoms with Crippen LogP contribution in [0.3, 0.4) is 0 Å². The van der Waals surface area contributed by atoms with E-state index in [0.29, 0.717) is 28.5 Å². The van der Waals surface area contributed by atoms with Gasteiger partial charge in [0.05, 0.1) is 12.8 Å². The summed E-state index contributed by atoms with van der Waals surface area (Å²) < 4.78 is 16.6. The molecule has 0 amide bonds. The molecule has 6 heteroatoms. The Morgan fingerprint density at radius 2 is 1.66 bits per heavy atom. The van der Waals surface area contributed by atoms with Crippen molar-refractivity contribution in [3.05, 3.63) is 78.4 Å². The van der Waals surface area contributed by atoms with Crippen LogP contribution in [0.1, 0.15) is 12.5 Å². The summed E-state index contributed by atoms with van der Waals surface area (Å²) in [4.78, 5) is 15.6. The smallest absolute Gasteiger partial charge is 0.344 e. The summed E-state index contributed by atoms with van der Waals surface area (Å²) in [7, 11) is 1.50. The van der Waals surface area contributed by atoms with E-state index in [1.54, 1.807) is 24.4 Å². The highest BCUT2D eigenvalue weighted by Crippen LogP contribution is 2.31. The van der Waals surface area contributed by atoms with Crippen molar-refractivity contribution in [2.75, 3.05) is 7.11 Å². The van der Waals surface area contributed by atoms with Crippen molar-refractivity contribution in [3.63, 3.8) is 0 Å². The Morgan fingerprint density at radius 3 is 2.31 bits per heavy atom. The van der Waals surface area contributed by atoms with Gasteiger partial charge in [-0.3, -0.25) is 4.99 Å². The third-order valence-electron chi connectivity index (χ3n) is 4.04. The second-order valence-corrected chi connectivity index (χ2v) is 6.14. The molecule has 1 N–H and O–H groups in total. The van der Waals surface area contributed by atoms with Crippen LogP contribution in [0.4, 0.5) is 5.69 Å². The van der Waals surface area contributed by atoms with E-state index in [2.05, 4.69) is 4.99 Å². The Kier molecular flexibility index (Phi) is 6.47. The Labute approximate surface area is 169 Å². The first kappa shape index (κ1) is 19.9. The molecule has 29 heavy (non-hydrogen) atoms. The molecule has 0 unspecified atom stereocenters. The number of ether oxygens (including phenoxy) is 3. The van der Waals surface area contributed by atoms with Gasteiger partial charge in [0.2, 0.25) is 0 Å². The average molecular weight is 391 g/mol. The van der Waals surface area contributed by atoms with Crippen molar-refractivity contribution >= 4 is 17.9 Å². The maximum absolute atomic E-state index is 11.1. The lowest BCUT2D eigenvalue weighted by Crippen LogP contribution is -2.23. The molecule has 1 atom stereocenters. The van der Waals surface area contributed by atoms with Crippen molar-refractivity contribution in [2.24, 2.45) is 4.99 Å². The maximum Gasteiger partial charge on any atom is 0.344 e. The highest BCUT2D eigenvalue weighted by molar-refractivity contribution is 5.87. The van der Waals surface area contributed by atoms with Crippen LogP contribution < -0.4 is 14.2 Å². The molecule has 0 aromatic heterocycles. The molecule has 0 fully saturated rings. The second kappa shape index (κ2) is 9.41. The van der Waals surface area contributed by atoms with Gasteiger partial charge in [-0.25, -0.2) is 4.79 Å². The van der Waals surface area contributed by atoms with E-state index in [1.165, 1.54) is 14.0 Å². The van der Waals surface area contributed by atoms with Crippen LogP contribution in [0, 0.1) is 0 Å². The number of aliphatic imine (C=N–C) groups is 1. The van der Waals surface area contributed by atoms with Gasteiger partial charge in [-0.15, -0.1) is 0 Å². The number of carboxylic acids is 1. The van der Waals surface area contributed by atoms with Crippen LogP contribution in [0.2, 0.25) is 0 Å². The van der Waals surface area contributed by atoms with Gasteiger partial charge in [0.1, 0.15) is 11.5 Å². The Bertz CT molecular complexity index is 984. The third kappa shape index (κ3) is 5.35. The van der Waals surface area contributed by atoms with Crippen molar-refractivity contribution in [2.45, 2.75) is 13.0 Å². The minimum Gasteiger partial charge on any atom is -0.493 e. The maximum atomic E-state index is 11.1. The first-order chi connectivity index (χ1) is 14.1. The first-order valence-electron chi connectivity index (χ1n) is 9.00. The molecule has 0 spiro atoms. The molecule has 3 aromatic carbocycles. The third-order valence-corrected chi connectivity index (χ3v) is 4.04. The summed E-state index contributed by atoms with van der Waals surface area (Å²) in [6.45, 7) is 1.46. The number of carbonyl (C=O) groups is 1. The van der Waals surface area contributed by atoms with Crippen LogP contribution in [-0.2, 0) is 4.79 Å². The molecule has 0 aliphatic carbocycles. The van der Waals surface area contributed by atoms with E-state index in [-0.39, 0.29) is 0 Å². The SMILES string of the molecule is COc1cccc(C=Nc2ccc(Oc3ccccc3)cc2)c1O[C@H](C)C(=O)O. The fourth-order valence-corrected chi connectivity index (χ4v) is 2.52. The largest absolute Gasteiger partial charge is 0.493 e. The molecule has 0 bridgehead atoms. The Hall–Kier alpha value is -3.80. The minimum absolute atomic E-state index is 0.331. The second-order valence-electron chi connectivity index (χ2n) is 6.14. The van der Waals surface area contributed by atoms with Gasteiger partial charge in [0, 0.05) is 11.8 Å². The highest BCUT2D eigenvalue weighted by atomic mass is 16.5. The summed E-state index contributed by atoms with van der Waals surface area (Å²) in [5.41, 5.74) is 1.33. The molecule has 0 saturated heterocycles. The zero-order chi connectivity index (χ0) is 20.6. The summed E-state index contributed by atoms with van der Waals surface area (Å²) in [5, 5.41) is 9.13. The van der Waals surface area contributed by atoms with E-state index >= 15 is 0 Å². The fourth-order valence-electron chi connectivity index (χ4n) is 2.52. The fraction of sp³-hybridized carbons (Fsp3) is 0.130. The Morgan fingerprint density at radius 1 is 0.966 bits per heavy atom. The molecule has 148 valence electrons. The number of para-hydroxylation sites is 2. The van der Waals surface area contributed by atoms with Gasteiger partial charge < -0.3 is 19.3 Å². The molecule has 0 heterocycles. The van der Waals surface area contributed by atoms with E-state index in [4.69, 9.17) is 19.3 Å². The number of methoxy groups -OCH3 is 1. The number of hydrogen-bond acceptors (Lipinski definition) is 5. The highest BCUT2D eigenvalue weighted by Gasteiger charge is 2.17. The van der Waals surface area contributed by atoms with Crippen LogP contribution in [0.25, 0.3) is 0 Å². The molecule has 0 aliphatic heterocycles. The summed E-state index contributed by atoms with van der Waals surface area (Å²) >= 11 is 0. The summed E-state index contributed by atoms with van der Waals surface area (Å²) in [6, 6.07) is 22.1. The van der Waals surface area contributed by atoms with Gasteiger partial charge in [0.15, 0.2) is 17.6 Å². The molecular weight excluding hydrogens is 370 g/mol. The zero-order valence-electron chi connectivity index (χ0n) is 16.1. The molecule has 0 radical (unpaired) electrons. The molecule has 0 saturated carbocycles. The van der Waals surface area contributed by atoms with E-state index in [1.807, 2.05) is 54.6 Å². The monoisotopic (exact) mass is 391 g/mol. The zero-order valence-corrected chi connectivity index (χ0v) is 16.1. The predicted octanol–water partition coefficient (Wildman–Crippen LogP) is 5.09. The van der Waals surface area contributed by atoms with Crippen molar-refractivity contribution in [3.8, 4) is 23.0 Å². The first-order valence-corrected chi connectivity index (χ1v) is 9.00. The summed E-state index contributed by atoms with van der Waals surface area (Å²) in [5.74, 6) is 1.17. The van der Waals surface area contributed by atoms with Crippen LogP contribution in [0.5, 0.6) is 23.0 Å². The summed E-state index contributed by atoms with van der Waals surface area (Å²) in [6.07, 6.45) is 0.590. The van der Waals surface area contributed by atoms with Crippen LogP contribution >= 0.6 is 0 Å². The van der Waals surface area contributed by atoms with E-state index < -0.39 is 12.1 Å². The number of benzene rings is 3. The van der Waals surface area contributed by atoms with Gasteiger partial charge in [-0.2, -0.15) is 0 Å². The van der Waals surface area contributed by atoms with E-state index in [0.717, 1.165) is 5.75 Å². The molecule has 0 aliphatic rings. The number of rotatable bonds is 8. The van der Waals surface area contributed by atoms with Gasteiger partial charge >= 0.3 is 5.97 Å². The van der Waals surface area contributed by atoms with Gasteiger partial charge in [-0.1, -0.05) is 24.3 Å². The lowest BCUT2D eigenvalue weighted by molar-refractivity contribution is -0.144. The molecular formula is C23H21NO5. The van der Waals surface area contributed by atoms with Crippen molar-refractivity contribution in [1.29, 1.82) is 0 Å². The number of nitrogens with zero attached hydrogens (tertiary/aromatic N) is 1. The molecule has 3 aromatic rings. The topological polar surface area (TPSA) is 77.3 Å². The van der Waals surface area contributed by atoms with E-state index in [9.17, 15) is 4.79 Å². The molecule has 3 rings (SSSR count). The van der Waals surface area contributed by atoms with Gasteiger partial charge in [0.25, 0.3) is 0 Å². The van der Waals surface area contributed by atoms with Crippen LogP contribution in [0.15, 0.2) is 77.8 Å². The molecule has 6 nitrogen and oxygen atoms in total. The minimum atomic E-state index is -1.06. The van der Waals surface area contributed by atoms with Crippen LogP contribution in [-0.4, -0.2) is 30.5 Å². The Balaban J connectivity index is 1.78. The average Bonchev–Trinajstić information content (AvgIpc) is 2.74. The number of carboxylic acid groups (broad SMARTS) is 1. The number of hydrogen-bond donors (Lipinski definition) is 1. The van der Waals surface area contributed by atoms with Crippen molar-refractivity contribution in [1.82, 2.24) is 0 Å². The van der Waals surface area contributed by atoms with Gasteiger partial charge in [-0.05, 0) is 55.5 Å². The quantitative estimate of drug-likeness (QED) is 0.541. The lowest BCUT2D eigenvalue weighted by Gasteiger charge is -2.15. The normalized spacial score (nSPS) is 11.8. The predicted molar refractivity (Wildman–Crippen MR) is 111 cm³/mol. The lowest BCUT2D eigenvalue weighted by atomic mass is 10.2. The standard InChI is InChI=1S/C23H21NO5/c1-16(23(25)26)28-22-17(7-6-10-21(22)27-2)15-24-18-11-13-20(14-12-18)29-19-8-4-3-5-9-19/h3-16H,1-2H3,(H,25,26)/t16-/m1/s1. The van der Waals surface area contributed by atoms with Crippen molar-refractivity contribution < 1.29 is 24.1 Å².